The van der Waals surface area contributed by atoms with Crippen molar-refractivity contribution in [1.29, 1.82) is 0 Å². The zero-order valence-corrected chi connectivity index (χ0v) is 10.9. The van der Waals surface area contributed by atoms with Crippen molar-refractivity contribution in [3.63, 3.8) is 0 Å². The van der Waals surface area contributed by atoms with Crippen LogP contribution in [0, 0.1) is 0 Å². The molecule has 1 saturated heterocycles. The van der Waals surface area contributed by atoms with Gasteiger partial charge in [0.15, 0.2) is 0 Å². The van der Waals surface area contributed by atoms with Crippen molar-refractivity contribution < 1.29 is 19.8 Å². The monoisotopic (exact) mass is 276 g/mol. The fourth-order valence-electron chi connectivity index (χ4n) is 2.03. The van der Waals surface area contributed by atoms with Crippen molar-refractivity contribution in [3.05, 3.63) is 35.7 Å². The summed E-state index contributed by atoms with van der Waals surface area (Å²) in [6.45, 7) is 1.06. The molecular formula is C14H16N2O4. The summed E-state index contributed by atoms with van der Waals surface area (Å²) >= 11 is 0. The van der Waals surface area contributed by atoms with Crippen molar-refractivity contribution in [2.24, 2.45) is 0 Å². The van der Waals surface area contributed by atoms with Crippen LogP contribution >= 0.6 is 0 Å². The number of carboxylic acid groups (broad SMARTS) is 1. The molecule has 0 atom stereocenters. The largest absolute Gasteiger partial charge is 0.478 e. The maximum absolute atomic E-state index is 12.2. The summed E-state index contributed by atoms with van der Waals surface area (Å²) in [6, 6.07) is 3.23. The Balaban J connectivity index is 2.02. The number of aliphatic carboxylic acids is 1. The molecule has 0 unspecified atom stereocenters. The molecule has 0 aromatic carbocycles. The average Bonchev–Trinajstić information content (AvgIpc) is 2.46. The van der Waals surface area contributed by atoms with Crippen molar-refractivity contribution in [3.8, 4) is 0 Å². The zero-order chi connectivity index (χ0) is 14.5. The number of piperidine rings is 1. The highest BCUT2D eigenvalue weighted by molar-refractivity contribution is 5.92. The number of hydrogen-bond acceptors (Lipinski definition) is 4. The summed E-state index contributed by atoms with van der Waals surface area (Å²) < 4.78 is 0. The molecule has 0 saturated carbocycles. The summed E-state index contributed by atoms with van der Waals surface area (Å²) in [5.41, 5.74) is 0.951. The van der Waals surface area contributed by atoms with Gasteiger partial charge in [-0.1, -0.05) is 6.07 Å². The van der Waals surface area contributed by atoms with Crippen molar-refractivity contribution >= 4 is 18.0 Å². The number of aliphatic hydroxyl groups is 1. The van der Waals surface area contributed by atoms with Crippen LogP contribution in [0.3, 0.4) is 0 Å². The minimum Gasteiger partial charge on any atom is -0.478 e. The lowest BCUT2D eigenvalue weighted by Crippen LogP contribution is -2.40. The first-order valence-corrected chi connectivity index (χ1v) is 6.40. The molecule has 0 radical (unpaired) electrons. The number of rotatable bonds is 3. The molecule has 0 aliphatic carbocycles. The van der Waals surface area contributed by atoms with Gasteiger partial charge in [-0.2, -0.15) is 0 Å². The molecule has 1 aliphatic rings. The van der Waals surface area contributed by atoms with Crippen LogP contribution in [-0.4, -0.2) is 51.2 Å². The van der Waals surface area contributed by atoms with Gasteiger partial charge in [-0.3, -0.25) is 9.78 Å². The smallest absolute Gasteiger partial charge is 0.328 e. The molecule has 1 aromatic rings. The van der Waals surface area contributed by atoms with Crippen molar-refractivity contribution in [2.45, 2.75) is 18.9 Å². The summed E-state index contributed by atoms with van der Waals surface area (Å²) in [4.78, 5) is 28.3. The number of pyridine rings is 1. The van der Waals surface area contributed by atoms with E-state index in [0.29, 0.717) is 37.2 Å². The average molecular weight is 276 g/mol. The van der Waals surface area contributed by atoms with E-state index in [-0.39, 0.29) is 12.0 Å². The Morgan fingerprint density at radius 2 is 2.00 bits per heavy atom. The number of aliphatic hydroxyl groups excluding tert-OH is 1. The third-order valence-corrected chi connectivity index (χ3v) is 3.18. The number of aromatic nitrogens is 1. The SMILES string of the molecule is O=C(O)C=Cc1ccc(C(=O)N2CCC(O)CC2)nc1. The molecule has 2 rings (SSSR count). The Hall–Kier alpha value is -2.21. The van der Waals surface area contributed by atoms with Gasteiger partial charge in [0.2, 0.25) is 0 Å². The van der Waals surface area contributed by atoms with Crippen molar-refractivity contribution in [1.82, 2.24) is 9.88 Å². The lowest BCUT2D eigenvalue weighted by atomic mass is 10.1. The second kappa shape index (κ2) is 6.29. The predicted molar refractivity (Wildman–Crippen MR) is 72.1 cm³/mol. The molecule has 1 aromatic heterocycles. The molecule has 0 bridgehead atoms. The molecule has 2 N–H and O–H groups in total. The van der Waals surface area contributed by atoms with E-state index in [9.17, 15) is 14.7 Å². The first-order chi connectivity index (χ1) is 9.56. The van der Waals surface area contributed by atoms with Crippen LogP contribution < -0.4 is 0 Å². The predicted octanol–water partition coefficient (Wildman–Crippen LogP) is 0.776. The van der Waals surface area contributed by atoms with Gasteiger partial charge >= 0.3 is 5.97 Å². The number of carboxylic acids is 1. The molecule has 106 valence electrons. The molecule has 1 aliphatic heterocycles. The van der Waals surface area contributed by atoms with Crippen LogP contribution in [0.25, 0.3) is 6.08 Å². The highest BCUT2D eigenvalue weighted by Crippen LogP contribution is 2.13. The maximum atomic E-state index is 12.2. The summed E-state index contributed by atoms with van der Waals surface area (Å²) in [5, 5.41) is 17.9. The number of carbonyl (C=O) groups is 2. The first-order valence-electron chi connectivity index (χ1n) is 6.40. The second-order valence-corrected chi connectivity index (χ2v) is 4.67. The van der Waals surface area contributed by atoms with Gasteiger partial charge in [0.05, 0.1) is 6.10 Å². The standard InChI is InChI=1S/C14H16N2O4/c17-11-5-7-16(8-6-11)14(20)12-3-1-10(9-15-12)2-4-13(18)19/h1-4,9,11,17H,5-8H2,(H,18,19). The topological polar surface area (TPSA) is 90.7 Å². The Morgan fingerprint density at radius 1 is 1.30 bits per heavy atom. The highest BCUT2D eigenvalue weighted by Gasteiger charge is 2.22. The molecule has 1 amide bonds. The lowest BCUT2D eigenvalue weighted by Gasteiger charge is -2.29. The van der Waals surface area contributed by atoms with Gasteiger partial charge in [0.1, 0.15) is 5.69 Å². The summed E-state index contributed by atoms with van der Waals surface area (Å²) in [7, 11) is 0. The van der Waals surface area contributed by atoms with E-state index in [1.807, 2.05) is 0 Å². The number of nitrogens with zero attached hydrogens (tertiary/aromatic N) is 2. The number of likely N-dealkylation sites (tertiary alicyclic amines) is 1. The van der Waals surface area contributed by atoms with E-state index >= 15 is 0 Å². The van der Waals surface area contributed by atoms with Crippen LogP contribution in [0.15, 0.2) is 24.4 Å². The second-order valence-electron chi connectivity index (χ2n) is 4.67. The van der Waals surface area contributed by atoms with Gasteiger partial charge < -0.3 is 15.1 Å². The van der Waals surface area contributed by atoms with Crippen molar-refractivity contribution in [2.75, 3.05) is 13.1 Å². The quantitative estimate of drug-likeness (QED) is 0.796. The zero-order valence-electron chi connectivity index (χ0n) is 10.9. The third-order valence-electron chi connectivity index (χ3n) is 3.18. The Labute approximate surface area is 116 Å². The summed E-state index contributed by atoms with van der Waals surface area (Å²) in [5.74, 6) is -1.19. The fourth-order valence-corrected chi connectivity index (χ4v) is 2.03. The molecule has 2 heterocycles. The minimum atomic E-state index is -1.03. The first kappa shape index (κ1) is 14.2. The van der Waals surface area contributed by atoms with Gasteiger partial charge in [0.25, 0.3) is 5.91 Å². The van der Waals surface area contributed by atoms with Gasteiger partial charge in [-0.25, -0.2) is 4.79 Å². The number of amides is 1. The van der Waals surface area contributed by atoms with E-state index in [2.05, 4.69) is 4.98 Å². The molecule has 6 heteroatoms. The van der Waals surface area contributed by atoms with Crippen LogP contribution in [0.2, 0.25) is 0 Å². The van der Waals surface area contributed by atoms with Crippen LogP contribution in [0.1, 0.15) is 28.9 Å². The van der Waals surface area contributed by atoms with Crippen LogP contribution in [0.4, 0.5) is 0 Å². The minimum absolute atomic E-state index is 0.161. The van der Waals surface area contributed by atoms with Gasteiger partial charge in [-0.15, -0.1) is 0 Å². The Kier molecular flexibility index (Phi) is 4.47. The van der Waals surface area contributed by atoms with E-state index in [4.69, 9.17) is 5.11 Å². The van der Waals surface area contributed by atoms with E-state index in [0.717, 1.165) is 6.08 Å². The van der Waals surface area contributed by atoms with E-state index < -0.39 is 5.97 Å². The summed E-state index contributed by atoms with van der Waals surface area (Å²) in [6.07, 6.45) is 4.75. The van der Waals surface area contributed by atoms with Crippen LogP contribution in [-0.2, 0) is 4.79 Å². The molecule has 0 spiro atoms. The Morgan fingerprint density at radius 3 is 2.55 bits per heavy atom. The third kappa shape index (κ3) is 3.64. The lowest BCUT2D eigenvalue weighted by molar-refractivity contribution is -0.131. The fraction of sp³-hybridized carbons (Fsp3) is 0.357. The normalized spacial score (nSPS) is 16.6. The number of carbonyl (C=O) groups excluding carboxylic acids is 1. The highest BCUT2D eigenvalue weighted by atomic mass is 16.4. The maximum Gasteiger partial charge on any atom is 0.328 e. The van der Waals surface area contributed by atoms with E-state index in [1.54, 1.807) is 17.0 Å². The van der Waals surface area contributed by atoms with E-state index in [1.165, 1.54) is 12.3 Å². The molecular weight excluding hydrogens is 260 g/mol. The van der Waals surface area contributed by atoms with Crippen LogP contribution in [0.5, 0.6) is 0 Å². The molecule has 1 fully saturated rings. The van der Waals surface area contributed by atoms with Gasteiger partial charge in [0, 0.05) is 25.4 Å². The molecule has 20 heavy (non-hydrogen) atoms. The number of hydrogen-bond donors (Lipinski definition) is 2. The Bertz CT molecular complexity index is 516. The molecule has 6 nitrogen and oxygen atoms in total. The van der Waals surface area contributed by atoms with Gasteiger partial charge in [-0.05, 0) is 30.5 Å².